The fourth-order valence-corrected chi connectivity index (χ4v) is 4.27. The summed E-state index contributed by atoms with van der Waals surface area (Å²) in [6.45, 7) is 3.89. The molecular formula is C23H27ClFN3O2. The van der Waals surface area contributed by atoms with Crippen molar-refractivity contribution >= 4 is 24.0 Å². The quantitative estimate of drug-likeness (QED) is 0.735. The molecule has 1 saturated carbocycles. The number of hydrogen-bond donors (Lipinski definition) is 1. The molecule has 1 aliphatic carbocycles. The number of carbonyl (C=O) groups excluding carboxylic acids is 1. The highest BCUT2D eigenvalue weighted by Crippen LogP contribution is 2.45. The number of ether oxygens (including phenoxy) is 1. The van der Waals surface area contributed by atoms with Crippen LogP contribution in [0.1, 0.15) is 43.7 Å². The summed E-state index contributed by atoms with van der Waals surface area (Å²) in [7, 11) is 1.94. The third-order valence-electron chi connectivity index (χ3n) is 5.57. The number of primary amides is 1. The largest absolute Gasteiger partial charge is 0.489 e. The summed E-state index contributed by atoms with van der Waals surface area (Å²) in [6, 6.07) is 13.7. The van der Waals surface area contributed by atoms with Crippen LogP contribution in [0.25, 0.3) is 0 Å². The first-order valence-corrected chi connectivity index (χ1v) is 9.80. The number of benzene rings is 2. The molecule has 0 unspecified atom stereocenters. The molecule has 2 N–H and O–H groups in total. The van der Waals surface area contributed by atoms with Gasteiger partial charge >= 0.3 is 0 Å². The fraction of sp³-hybridized carbons (Fsp3) is 0.391. The van der Waals surface area contributed by atoms with Crippen LogP contribution in [0.5, 0.6) is 5.75 Å². The summed E-state index contributed by atoms with van der Waals surface area (Å²) in [6.07, 6.45) is 1.39. The van der Waals surface area contributed by atoms with E-state index in [1.165, 1.54) is 12.1 Å². The molecule has 2 aromatic carbocycles. The van der Waals surface area contributed by atoms with Gasteiger partial charge in [0, 0.05) is 24.9 Å². The Morgan fingerprint density at radius 1 is 1.23 bits per heavy atom. The molecule has 0 heterocycles. The predicted octanol–water partition coefficient (Wildman–Crippen LogP) is 4.39. The van der Waals surface area contributed by atoms with Crippen molar-refractivity contribution in [1.82, 2.24) is 0 Å². The first-order chi connectivity index (χ1) is 13.8. The molecule has 0 bridgehead atoms. The molecule has 0 aliphatic heterocycles. The molecule has 7 heteroatoms. The smallest absolute Gasteiger partial charge is 0.221 e. The van der Waals surface area contributed by atoms with Crippen LogP contribution in [-0.2, 0) is 4.79 Å². The molecule has 0 aromatic heterocycles. The van der Waals surface area contributed by atoms with E-state index < -0.39 is 0 Å². The predicted molar refractivity (Wildman–Crippen MR) is 117 cm³/mol. The Hall–Kier alpha value is -2.78. The maximum absolute atomic E-state index is 13.5. The highest BCUT2D eigenvalue weighted by atomic mass is 35.5. The van der Waals surface area contributed by atoms with Gasteiger partial charge in [-0.3, -0.25) is 4.79 Å². The maximum atomic E-state index is 13.5. The van der Waals surface area contributed by atoms with E-state index in [4.69, 9.17) is 10.5 Å². The third-order valence-corrected chi connectivity index (χ3v) is 5.57. The molecule has 1 aliphatic rings. The van der Waals surface area contributed by atoms with Gasteiger partial charge in [-0.1, -0.05) is 12.1 Å². The summed E-state index contributed by atoms with van der Waals surface area (Å²) in [5.74, 6) is -0.486. The van der Waals surface area contributed by atoms with Crippen LogP contribution in [-0.4, -0.2) is 25.1 Å². The summed E-state index contributed by atoms with van der Waals surface area (Å²) >= 11 is 0. The molecule has 0 spiro atoms. The third kappa shape index (κ3) is 4.85. The Kier molecular flexibility index (Phi) is 7.69. The van der Waals surface area contributed by atoms with Crippen LogP contribution in [0.2, 0.25) is 0 Å². The highest BCUT2D eigenvalue weighted by molar-refractivity contribution is 5.85. The van der Waals surface area contributed by atoms with Crippen molar-refractivity contribution in [3.05, 3.63) is 59.4 Å². The molecular weight excluding hydrogens is 405 g/mol. The zero-order chi connectivity index (χ0) is 21.1. The molecule has 0 radical (unpaired) electrons. The minimum atomic E-state index is -0.348. The van der Waals surface area contributed by atoms with Crippen LogP contribution in [0.3, 0.4) is 0 Å². The van der Waals surface area contributed by atoms with Gasteiger partial charge in [-0.25, -0.2) is 4.39 Å². The molecule has 3 rings (SSSR count). The van der Waals surface area contributed by atoms with E-state index in [0.717, 1.165) is 17.7 Å². The minimum Gasteiger partial charge on any atom is -0.489 e. The summed E-state index contributed by atoms with van der Waals surface area (Å²) < 4.78 is 19.4. The second kappa shape index (κ2) is 9.82. The van der Waals surface area contributed by atoms with Crippen molar-refractivity contribution < 1.29 is 13.9 Å². The zero-order valence-electron chi connectivity index (χ0n) is 17.3. The molecule has 0 saturated heterocycles. The summed E-state index contributed by atoms with van der Waals surface area (Å²) in [5, 5.41) is 9.35. The van der Waals surface area contributed by atoms with Crippen molar-refractivity contribution in [2.45, 2.75) is 44.8 Å². The van der Waals surface area contributed by atoms with E-state index in [9.17, 15) is 14.4 Å². The van der Waals surface area contributed by atoms with Gasteiger partial charge < -0.3 is 15.4 Å². The topological polar surface area (TPSA) is 79.3 Å². The van der Waals surface area contributed by atoms with Gasteiger partial charge in [0.2, 0.25) is 5.91 Å². The number of carbonyl (C=O) groups is 1. The lowest BCUT2D eigenvalue weighted by Crippen LogP contribution is -2.38. The van der Waals surface area contributed by atoms with E-state index in [2.05, 4.69) is 11.0 Å². The zero-order valence-corrected chi connectivity index (χ0v) is 18.2. The standard InChI is InChI=1S/C23H26FN3O2.ClH/c1-14(2)29-21-11-4-15(13-25)12-20(21)27(3)19-10-9-18(23(26)28)22(19)16-5-7-17(24)8-6-16;/h4-8,11-12,14,18-19,22H,9-10H2,1-3H3,(H2,26,28);1H/t18-,19-,22+;/m0./s1. The normalized spacial score (nSPS) is 20.3. The SMILES string of the molecule is CC(C)Oc1ccc(C#N)cc1N(C)[C@H]1CC[C@H](C(N)=O)[C@H]1c1ccc(F)cc1.Cl. The monoisotopic (exact) mass is 431 g/mol. The number of nitrogens with two attached hydrogens (primary N) is 1. The molecule has 1 amide bonds. The molecule has 2 aromatic rings. The average molecular weight is 432 g/mol. The number of amides is 1. The summed E-state index contributed by atoms with van der Waals surface area (Å²) in [5.41, 5.74) is 7.91. The molecule has 160 valence electrons. The van der Waals surface area contributed by atoms with Crippen molar-refractivity contribution in [2.75, 3.05) is 11.9 Å². The van der Waals surface area contributed by atoms with Crippen molar-refractivity contribution in [2.24, 2.45) is 11.7 Å². The van der Waals surface area contributed by atoms with Gasteiger partial charge in [-0.15, -0.1) is 12.4 Å². The van der Waals surface area contributed by atoms with E-state index in [1.54, 1.807) is 30.3 Å². The van der Waals surface area contributed by atoms with Gasteiger partial charge in [-0.2, -0.15) is 5.26 Å². The molecule has 30 heavy (non-hydrogen) atoms. The van der Waals surface area contributed by atoms with Gasteiger partial charge in [-0.05, 0) is 62.6 Å². The number of halogens is 2. The lowest BCUT2D eigenvalue weighted by molar-refractivity contribution is -0.122. The Bertz CT molecular complexity index is 927. The number of anilines is 1. The van der Waals surface area contributed by atoms with Crippen molar-refractivity contribution in [3.8, 4) is 11.8 Å². The highest BCUT2D eigenvalue weighted by Gasteiger charge is 2.42. The van der Waals surface area contributed by atoms with E-state index >= 15 is 0 Å². The fourth-order valence-electron chi connectivity index (χ4n) is 4.27. The Morgan fingerprint density at radius 3 is 2.47 bits per heavy atom. The Labute approximate surface area is 183 Å². The maximum Gasteiger partial charge on any atom is 0.221 e. The summed E-state index contributed by atoms with van der Waals surface area (Å²) in [4.78, 5) is 14.2. The number of rotatable bonds is 6. The number of likely N-dealkylation sites (N-methyl/N-ethyl adjacent to an activating group) is 1. The Morgan fingerprint density at radius 2 is 1.90 bits per heavy atom. The van der Waals surface area contributed by atoms with E-state index in [-0.39, 0.29) is 48.1 Å². The van der Waals surface area contributed by atoms with Crippen LogP contribution in [0, 0.1) is 23.1 Å². The second-order valence-electron chi connectivity index (χ2n) is 7.80. The van der Waals surface area contributed by atoms with Gasteiger partial charge in [0.25, 0.3) is 0 Å². The minimum absolute atomic E-state index is 0. The van der Waals surface area contributed by atoms with Gasteiger partial charge in [0.05, 0.1) is 23.4 Å². The number of nitrogens with zero attached hydrogens (tertiary/aromatic N) is 2. The van der Waals surface area contributed by atoms with Crippen molar-refractivity contribution in [3.63, 3.8) is 0 Å². The van der Waals surface area contributed by atoms with Crippen molar-refractivity contribution in [1.29, 1.82) is 5.26 Å². The van der Waals surface area contributed by atoms with Crippen LogP contribution in [0.15, 0.2) is 42.5 Å². The van der Waals surface area contributed by atoms with Gasteiger partial charge in [0.15, 0.2) is 0 Å². The first-order valence-electron chi connectivity index (χ1n) is 9.80. The van der Waals surface area contributed by atoms with Crippen LogP contribution in [0.4, 0.5) is 10.1 Å². The molecule has 1 fully saturated rings. The van der Waals surface area contributed by atoms with Crippen LogP contribution < -0.4 is 15.4 Å². The lowest BCUT2D eigenvalue weighted by Gasteiger charge is -2.34. The lowest BCUT2D eigenvalue weighted by atomic mass is 9.85. The van der Waals surface area contributed by atoms with Gasteiger partial charge in [0.1, 0.15) is 11.6 Å². The van der Waals surface area contributed by atoms with E-state index in [1.807, 2.05) is 20.9 Å². The van der Waals surface area contributed by atoms with Crippen LogP contribution >= 0.6 is 12.4 Å². The molecule has 3 atom stereocenters. The van der Waals surface area contributed by atoms with E-state index in [0.29, 0.717) is 17.7 Å². The number of hydrogen-bond acceptors (Lipinski definition) is 4. The average Bonchev–Trinajstić information content (AvgIpc) is 3.13. The number of nitriles is 1. The Balaban J connectivity index is 0.00000320. The first kappa shape index (κ1) is 23.5. The second-order valence-corrected chi connectivity index (χ2v) is 7.80. The molecule has 5 nitrogen and oxygen atoms in total.